The van der Waals surface area contributed by atoms with Gasteiger partial charge in [-0.15, -0.1) is 0 Å². The summed E-state index contributed by atoms with van der Waals surface area (Å²) in [6.45, 7) is 5.50. The van der Waals surface area contributed by atoms with Crippen LogP contribution in [-0.4, -0.2) is 22.5 Å². The van der Waals surface area contributed by atoms with Crippen LogP contribution < -0.4 is 0 Å². The third kappa shape index (κ3) is 5.34. The van der Waals surface area contributed by atoms with Gasteiger partial charge >= 0.3 is 49.4 Å². The molecule has 0 bridgehead atoms. The molecule has 0 radical (unpaired) electrons. The first-order valence-corrected chi connectivity index (χ1v) is 18.6. The molecular weight excluding hydrogens is 699 g/mol. The monoisotopic (exact) mass is 717 g/mol. The number of carbonyl (C=O) groups excluding carboxylic acids is 3. The van der Waals surface area contributed by atoms with E-state index in [0.717, 1.165) is 16.5 Å². The number of rotatable bonds is 2. The van der Waals surface area contributed by atoms with Crippen molar-refractivity contribution in [2.24, 2.45) is 0 Å². The molecule has 153 valence electrons. The molecule has 4 nitrogen and oxygen atoms in total. The first-order chi connectivity index (χ1) is 13.9. The van der Waals surface area contributed by atoms with Gasteiger partial charge in [0.25, 0.3) is 11.8 Å². The zero-order valence-electron chi connectivity index (χ0n) is 15.7. The van der Waals surface area contributed by atoms with Gasteiger partial charge < -0.3 is 6.92 Å². The third-order valence-corrected chi connectivity index (χ3v) is 5.11. The molecule has 4 rings (SSSR count). The van der Waals surface area contributed by atoms with Crippen LogP contribution in [0.1, 0.15) is 52.5 Å². The molecule has 2 aromatic rings. The van der Waals surface area contributed by atoms with Crippen LogP contribution in [0.25, 0.3) is 0 Å². The number of fused-ring (bicyclic) bond motifs is 1. The van der Waals surface area contributed by atoms with Gasteiger partial charge in [-0.05, 0) is 29.8 Å². The van der Waals surface area contributed by atoms with Gasteiger partial charge in [0.15, 0.2) is 0 Å². The Morgan fingerprint density at radius 3 is 1.79 bits per heavy atom. The van der Waals surface area contributed by atoms with Crippen molar-refractivity contribution in [3.8, 4) is 0 Å². The zero-order valence-corrected chi connectivity index (χ0v) is 23.0. The van der Waals surface area contributed by atoms with Crippen molar-refractivity contribution in [3.05, 3.63) is 76.6 Å². The van der Waals surface area contributed by atoms with Gasteiger partial charge in [0.1, 0.15) is 5.78 Å². The molecule has 0 spiro atoms. The number of hydrogen-bond acceptors (Lipinski definition) is 3. The number of benzene rings is 2. The second-order valence-corrected chi connectivity index (χ2v) is 19.2. The second-order valence-electron chi connectivity index (χ2n) is 6.49. The number of halogens is 3. The second kappa shape index (κ2) is 11.4. The summed E-state index contributed by atoms with van der Waals surface area (Å²) in [5.74, 6) is -0.577. The molecule has 1 heterocycles. The Labute approximate surface area is 208 Å². The number of carbonyl (C=O) groups is 3. The van der Waals surface area contributed by atoms with Gasteiger partial charge in [-0.25, -0.2) is 0 Å². The van der Waals surface area contributed by atoms with E-state index in [9.17, 15) is 14.4 Å². The van der Waals surface area contributed by atoms with Crippen molar-refractivity contribution in [2.75, 3.05) is 0 Å². The van der Waals surface area contributed by atoms with Crippen LogP contribution in [0.2, 0.25) is 0 Å². The van der Waals surface area contributed by atoms with Crippen molar-refractivity contribution in [1.29, 1.82) is 0 Å². The van der Waals surface area contributed by atoms with E-state index in [-0.39, 0.29) is 30.4 Å². The summed E-state index contributed by atoms with van der Waals surface area (Å²) >= 11 is 8.12. The summed E-state index contributed by atoms with van der Waals surface area (Å²) in [6, 6.07) is 14.2. The van der Waals surface area contributed by atoms with Crippen LogP contribution in [-0.2, 0) is 19.8 Å². The number of amides is 2. The Balaban J connectivity index is 0.000000449. The van der Waals surface area contributed by atoms with Gasteiger partial charge in [0.05, 0.1) is 16.7 Å². The van der Waals surface area contributed by atoms with E-state index in [1.165, 1.54) is 4.90 Å². The van der Waals surface area contributed by atoms with E-state index < -0.39 is 5.54 Å². The van der Waals surface area contributed by atoms with E-state index in [1.807, 2.05) is 31.2 Å². The minimum atomic E-state index is -0.856. The number of ketones is 1. The van der Waals surface area contributed by atoms with Gasteiger partial charge in [-0.3, -0.25) is 19.3 Å². The maximum absolute atomic E-state index is 12.8. The number of hydrogen-bond donors (Lipinski definition) is 0. The fourth-order valence-electron chi connectivity index (χ4n) is 3.43. The van der Waals surface area contributed by atoms with Gasteiger partial charge in [-0.2, -0.15) is 6.42 Å². The molecule has 1 saturated carbocycles. The molecule has 1 aliphatic carbocycles. The molecule has 8 heteroatoms. The van der Waals surface area contributed by atoms with E-state index in [2.05, 4.69) is 62.8 Å². The Morgan fingerprint density at radius 1 is 1.00 bits per heavy atom. The summed E-state index contributed by atoms with van der Waals surface area (Å²) in [5.41, 5.74) is 0.779. The third-order valence-electron chi connectivity index (χ3n) is 4.58. The van der Waals surface area contributed by atoms with Crippen molar-refractivity contribution >= 4 is 73.5 Å². The Bertz CT molecular complexity index is 860. The van der Waals surface area contributed by atoms with Crippen molar-refractivity contribution in [3.63, 3.8) is 0 Å². The number of nitrogens with zero attached hydrogens (tertiary/aromatic N) is 1. The normalized spacial score (nSPS) is 16.0. The SMILES string of the molecule is O=C1CC(c2ccc(Br)cc2)(N2C(=O)c3ccccc3C2=O)C1.[CH2-]CC.[I][V][I]. The van der Waals surface area contributed by atoms with E-state index in [1.54, 1.807) is 24.3 Å². The molecule has 1 fully saturated rings. The van der Waals surface area contributed by atoms with E-state index in [4.69, 9.17) is 0 Å². The maximum atomic E-state index is 12.8. The molecule has 0 unspecified atom stereocenters. The van der Waals surface area contributed by atoms with Crippen LogP contribution in [0.3, 0.4) is 0 Å². The molecule has 2 amide bonds. The summed E-state index contributed by atoms with van der Waals surface area (Å²) in [6.07, 6.45) is 1.36. The summed E-state index contributed by atoms with van der Waals surface area (Å²) < 4.78 is 0.907. The van der Waals surface area contributed by atoms with Crippen molar-refractivity contribution in [2.45, 2.75) is 31.7 Å². The van der Waals surface area contributed by atoms with Crippen LogP contribution in [0.5, 0.6) is 0 Å². The Kier molecular flexibility index (Phi) is 9.85. The predicted octanol–water partition coefficient (Wildman–Crippen LogP) is 6.30. The van der Waals surface area contributed by atoms with Crippen LogP contribution in [0.4, 0.5) is 0 Å². The Hall–Kier alpha value is -0.226. The fourth-order valence-corrected chi connectivity index (χ4v) is 3.69. The molecule has 1 aliphatic heterocycles. The van der Waals surface area contributed by atoms with Gasteiger partial charge in [0.2, 0.25) is 0 Å². The van der Waals surface area contributed by atoms with Crippen LogP contribution in [0.15, 0.2) is 53.0 Å². The molecule has 0 aromatic heterocycles. The first-order valence-electron chi connectivity index (χ1n) is 8.83. The van der Waals surface area contributed by atoms with Gasteiger partial charge in [-0.1, -0.05) is 47.1 Å². The summed E-state index contributed by atoms with van der Waals surface area (Å²) in [7, 11) is 0.628. The molecule has 0 N–H and O–H groups in total. The number of imide groups is 1. The van der Waals surface area contributed by atoms with Crippen molar-refractivity contribution < 1.29 is 23.8 Å². The van der Waals surface area contributed by atoms with Crippen molar-refractivity contribution in [1.82, 2.24) is 4.90 Å². The zero-order chi connectivity index (χ0) is 21.6. The van der Waals surface area contributed by atoms with E-state index >= 15 is 0 Å². The Morgan fingerprint density at radius 2 is 1.41 bits per heavy atom. The predicted molar refractivity (Wildman–Crippen MR) is 131 cm³/mol. The topological polar surface area (TPSA) is 54.5 Å². The average molecular weight is 718 g/mol. The average Bonchev–Trinajstić information content (AvgIpc) is 2.93. The number of Topliss-reactive ketones (excluding diaryl/α,β-unsaturated/α-hetero) is 1. The summed E-state index contributed by atoms with van der Waals surface area (Å²) in [5, 5.41) is 0. The first kappa shape index (κ1) is 25.0. The molecule has 29 heavy (non-hydrogen) atoms. The van der Waals surface area contributed by atoms with E-state index in [0.29, 0.717) is 20.6 Å². The minimum absolute atomic E-state index is 0.0597. The summed E-state index contributed by atoms with van der Waals surface area (Å²) in [4.78, 5) is 38.6. The van der Waals surface area contributed by atoms with Crippen LogP contribution in [0, 0.1) is 6.92 Å². The molecule has 0 saturated heterocycles. The van der Waals surface area contributed by atoms with Gasteiger partial charge in [0, 0.05) is 17.3 Å². The fraction of sp³-hybridized carbons (Fsp3) is 0.238. The molecular formula is C21H19BrI2NO3V-. The molecule has 2 aromatic carbocycles. The quantitative estimate of drug-likeness (QED) is 0.208. The van der Waals surface area contributed by atoms with Crippen LogP contribution >= 0.6 is 55.9 Å². The molecule has 0 atom stereocenters. The standard InChI is InChI=1S/C18H12BrNO3.C3H7.2HI.V/c19-12-7-5-11(6-8-12)18(9-13(21)10-18)20-16(22)14-3-1-2-4-15(14)17(20)23;1-3-2;;;/h1-8H,9-10H2;1,3H2,2H3;2*1H;/q;-1;;;+2/p-2. The molecule has 2 aliphatic rings.